The molecule has 0 unspecified atom stereocenters. The van der Waals surface area contributed by atoms with Crippen LogP contribution in [0.1, 0.15) is 44.7 Å². The average Bonchev–Trinajstić information content (AvgIpc) is 3.38. The number of carboxylic acid groups (broad SMARTS) is 2. The fourth-order valence-corrected chi connectivity index (χ4v) is 4.73. The van der Waals surface area contributed by atoms with E-state index in [0.717, 1.165) is 54.7 Å². The first kappa shape index (κ1) is 31.2. The number of carboxylic acids is 2. The number of rotatable bonds is 10. The number of hydrogen-bond donors (Lipinski definition) is 3. The van der Waals surface area contributed by atoms with Crippen LogP contribution in [-0.4, -0.2) is 56.2 Å². The van der Waals surface area contributed by atoms with Gasteiger partial charge in [-0.05, 0) is 67.1 Å². The summed E-state index contributed by atoms with van der Waals surface area (Å²) in [6.45, 7) is 2.26. The van der Waals surface area contributed by atoms with Gasteiger partial charge in [0, 0.05) is 30.1 Å². The second-order valence-electron chi connectivity index (χ2n) is 9.88. The molecule has 0 radical (unpaired) electrons. The number of carbonyl (C=O) groups is 2. The Morgan fingerprint density at radius 1 is 0.930 bits per heavy atom. The van der Waals surface area contributed by atoms with E-state index in [1.54, 1.807) is 10.9 Å². The highest BCUT2D eigenvalue weighted by Gasteiger charge is 2.38. The van der Waals surface area contributed by atoms with Crippen molar-refractivity contribution in [1.82, 2.24) is 20.1 Å². The van der Waals surface area contributed by atoms with E-state index in [2.05, 4.69) is 58.9 Å². The van der Waals surface area contributed by atoms with Gasteiger partial charge in [0.1, 0.15) is 5.69 Å². The molecule has 1 aliphatic carbocycles. The number of hydrogen-bond acceptors (Lipinski definition) is 5. The van der Waals surface area contributed by atoms with Gasteiger partial charge in [0.25, 0.3) is 0 Å². The third kappa shape index (κ3) is 8.62. The summed E-state index contributed by atoms with van der Waals surface area (Å²) in [6.07, 6.45) is 6.02. The zero-order valence-electron chi connectivity index (χ0n) is 23.2. The average molecular weight is 593 g/mol. The molecule has 2 heterocycles. The van der Waals surface area contributed by atoms with E-state index in [-0.39, 0.29) is 0 Å². The molecule has 11 heteroatoms. The van der Waals surface area contributed by atoms with Crippen molar-refractivity contribution >= 4 is 24.1 Å². The van der Waals surface area contributed by atoms with Gasteiger partial charge < -0.3 is 15.5 Å². The monoisotopic (exact) mass is 592 g/mol. The van der Waals surface area contributed by atoms with Crippen molar-refractivity contribution in [2.45, 2.75) is 38.4 Å². The maximum absolute atomic E-state index is 12.0. The molecule has 1 aliphatic rings. The Balaban J connectivity index is 0.000000541. The molecule has 4 aromatic rings. The lowest BCUT2D eigenvalue weighted by molar-refractivity contribution is -0.192. The number of nitrogens with one attached hydrogen (secondary N) is 1. The molecular weight excluding hydrogens is 561 g/mol. The molecule has 3 N–H and O–H groups in total. The van der Waals surface area contributed by atoms with Crippen LogP contribution in [0.4, 0.5) is 13.2 Å². The van der Waals surface area contributed by atoms with Crippen LogP contribution in [0.15, 0.2) is 73.1 Å². The van der Waals surface area contributed by atoms with Gasteiger partial charge >= 0.3 is 18.1 Å². The molecule has 0 saturated carbocycles. The number of nitrogens with zero attached hydrogens (tertiary/aromatic N) is 3. The third-order valence-electron chi connectivity index (χ3n) is 6.86. The van der Waals surface area contributed by atoms with Gasteiger partial charge in [-0.3, -0.25) is 9.67 Å². The van der Waals surface area contributed by atoms with Crippen molar-refractivity contribution in [3.8, 4) is 11.3 Å². The molecule has 0 atom stereocenters. The first-order valence-corrected chi connectivity index (χ1v) is 13.7. The Kier molecular flexibility index (Phi) is 10.4. The highest BCUT2D eigenvalue weighted by atomic mass is 19.4. The quantitative estimate of drug-likeness (QED) is 0.158. The molecule has 0 aliphatic heterocycles. The molecule has 0 fully saturated rings. The summed E-state index contributed by atoms with van der Waals surface area (Å²) in [5, 5.41) is 25.1. The Morgan fingerprint density at radius 2 is 1.60 bits per heavy atom. The van der Waals surface area contributed by atoms with E-state index >= 15 is 0 Å². The Bertz CT molecular complexity index is 1570. The van der Waals surface area contributed by atoms with Crippen molar-refractivity contribution in [2.75, 3.05) is 13.1 Å². The van der Waals surface area contributed by atoms with Crippen LogP contribution >= 0.6 is 0 Å². The van der Waals surface area contributed by atoms with Crippen LogP contribution in [0.2, 0.25) is 0 Å². The van der Waals surface area contributed by atoms with Gasteiger partial charge in [-0.15, -0.1) is 0 Å². The number of pyridine rings is 1. The molecule has 2 aromatic carbocycles. The second-order valence-corrected chi connectivity index (χ2v) is 9.88. The van der Waals surface area contributed by atoms with Crippen LogP contribution in [0, 0.1) is 0 Å². The van der Waals surface area contributed by atoms with Crippen LogP contribution in [0.3, 0.4) is 0 Å². The molecule has 0 spiro atoms. The molecule has 0 amide bonds. The number of halogens is 3. The topological polar surface area (TPSA) is 117 Å². The van der Waals surface area contributed by atoms with Crippen LogP contribution in [0.25, 0.3) is 23.4 Å². The van der Waals surface area contributed by atoms with Gasteiger partial charge in [0.2, 0.25) is 0 Å². The maximum atomic E-state index is 12.0. The number of benzene rings is 2. The van der Waals surface area contributed by atoms with E-state index in [1.165, 1.54) is 16.7 Å². The molecule has 0 saturated heterocycles. The minimum absolute atomic E-state index is 0.328. The summed E-state index contributed by atoms with van der Waals surface area (Å²) in [7, 11) is 0. The first-order valence-electron chi connectivity index (χ1n) is 13.7. The molecule has 43 heavy (non-hydrogen) atoms. The van der Waals surface area contributed by atoms with Crippen molar-refractivity contribution in [1.29, 1.82) is 0 Å². The molecular formula is C32H31F3N4O4. The van der Waals surface area contributed by atoms with Gasteiger partial charge in [0.05, 0.1) is 5.69 Å². The number of aliphatic carboxylic acids is 1. The summed E-state index contributed by atoms with van der Waals surface area (Å²) in [5.41, 5.74) is 7.78. The molecule has 0 bridgehead atoms. The normalized spacial score (nSPS) is 12.3. The summed E-state index contributed by atoms with van der Waals surface area (Å²) in [4.78, 5) is 25.1. The third-order valence-corrected chi connectivity index (χ3v) is 6.86. The fraction of sp³-hybridized carbons (Fsp3) is 0.250. The van der Waals surface area contributed by atoms with Gasteiger partial charge in [0.15, 0.2) is 0 Å². The standard InChI is InChI=1S/C30H30N4O2.C2HF3O2/c35-30(36)29-27-14-13-25-21-32-19-16-26(25)28(27)33-34(29)20-4-17-31-18-15-24-11-9-23(10-12-24)8-7-22-5-2-1-3-6-22;3-2(4,5)1(6)7/h1-3,5-12,16,19,21,31H,4,13-15,17-18,20H2,(H,35,36);(H,6,7)/b8-7+;. The minimum atomic E-state index is -5.08. The van der Waals surface area contributed by atoms with Crippen molar-refractivity contribution in [2.24, 2.45) is 0 Å². The fourth-order valence-electron chi connectivity index (χ4n) is 4.73. The predicted octanol–water partition coefficient (Wildman–Crippen LogP) is 5.77. The van der Waals surface area contributed by atoms with Crippen LogP contribution in [-0.2, 0) is 30.6 Å². The first-order chi connectivity index (χ1) is 20.6. The van der Waals surface area contributed by atoms with E-state index in [4.69, 9.17) is 15.0 Å². The largest absolute Gasteiger partial charge is 0.490 e. The molecule has 5 rings (SSSR count). The Labute approximate surface area is 246 Å². The molecule has 8 nitrogen and oxygen atoms in total. The van der Waals surface area contributed by atoms with Crippen molar-refractivity contribution in [3.05, 3.63) is 107 Å². The van der Waals surface area contributed by atoms with Crippen molar-refractivity contribution in [3.63, 3.8) is 0 Å². The van der Waals surface area contributed by atoms with Gasteiger partial charge in [-0.25, -0.2) is 9.59 Å². The number of fused-ring (bicyclic) bond motifs is 3. The van der Waals surface area contributed by atoms with Crippen LogP contribution < -0.4 is 5.32 Å². The van der Waals surface area contributed by atoms with Gasteiger partial charge in [-0.2, -0.15) is 18.3 Å². The maximum Gasteiger partial charge on any atom is 0.490 e. The molecule has 2 aromatic heterocycles. The smallest absolute Gasteiger partial charge is 0.477 e. The number of aromatic carboxylic acids is 1. The highest BCUT2D eigenvalue weighted by Crippen LogP contribution is 2.34. The second kappa shape index (κ2) is 14.4. The summed E-state index contributed by atoms with van der Waals surface area (Å²) < 4.78 is 33.4. The summed E-state index contributed by atoms with van der Waals surface area (Å²) in [6, 6.07) is 20.9. The summed E-state index contributed by atoms with van der Waals surface area (Å²) in [5.74, 6) is -3.66. The van der Waals surface area contributed by atoms with Gasteiger partial charge in [-0.1, -0.05) is 66.7 Å². The number of alkyl halides is 3. The lowest BCUT2D eigenvalue weighted by Gasteiger charge is -2.14. The van der Waals surface area contributed by atoms with Crippen molar-refractivity contribution < 1.29 is 33.0 Å². The lowest BCUT2D eigenvalue weighted by atomic mass is 9.90. The lowest BCUT2D eigenvalue weighted by Crippen LogP contribution is -2.21. The Morgan fingerprint density at radius 3 is 2.26 bits per heavy atom. The number of aryl methyl sites for hydroxylation is 2. The van der Waals surface area contributed by atoms with E-state index < -0.39 is 18.1 Å². The Hall–Kier alpha value is -4.77. The highest BCUT2D eigenvalue weighted by molar-refractivity contribution is 5.90. The number of aromatic nitrogens is 3. The zero-order chi connectivity index (χ0) is 30.8. The van der Waals surface area contributed by atoms with E-state index in [9.17, 15) is 23.1 Å². The summed E-state index contributed by atoms with van der Waals surface area (Å²) >= 11 is 0. The van der Waals surface area contributed by atoms with E-state index in [0.29, 0.717) is 18.7 Å². The SMILES string of the molecule is O=C(O)C(F)(F)F.O=C(O)c1c2c(nn1CCCNCCc1ccc(/C=C/c3ccccc3)cc1)-c1ccncc1CC2. The minimum Gasteiger partial charge on any atom is -0.477 e. The van der Waals surface area contributed by atoms with E-state index in [1.807, 2.05) is 30.5 Å². The zero-order valence-corrected chi connectivity index (χ0v) is 23.2. The van der Waals surface area contributed by atoms with Crippen LogP contribution in [0.5, 0.6) is 0 Å². The molecule has 224 valence electrons. The predicted molar refractivity (Wildman–Crippen MR) is 157 cm³/mol.